The number of nitrogens with one attached hydrogen (secondary N) is 1. The SMILES string of the molecule is NNC(C1=CCCCO1)C1CC2CCC1O2. The molecule has 16 heavy (non-hydrogen) atoms. The molecule has 0 saturated carbocycles. The van der Waals surface area contributed by atoms with Gasteiger partial charge in [0.15, 0.2) is 0 Å². The number of fused-ring (bicyclic) bond motifs is 2. The Bertz CT molecular complexity index is 293. The fourth-order valence-electron chi connectivity index (χ4n) is 3.24. The Kier molecular flexibility index (Phi) is 2.88. The predicted molar refractivity (Wildman–Crippen MR) is 60.4 cm³/mol. The molecule has 3 heterocycles. The van der Waals surface area contributed by atoms with E-state index in [1.165, 1.54) is 12.8 Å². The first kappa shape index (κ1) is 10.6. The zero-order valence-corrected chi connectivity index (χ0v) is 9.52. The Morgan fingerprint density at radius 3 is 2.94 bits per heavy atom. The molecule has 2 bridgehead atoms. The van der Waals surface area contributed by atoms with Crippen LogP contribution in [0.4, 0.5) is 0 Å². The van der Waals surface area contributed by atoms with E-state index in [9.17, 15) is 0 Å². The molecule has 2 saturated heterocycles. The van der Waals surface area contributed by atoms with Gasteiger partial charge in [-0.3, -0.25) is 5.84 Å². The lowest BCUT2D eigenvalue weighted by atomic mass is 9.83. The van der Waals surface area contributed by atoms with Gasteiger partial charge in [-0.25, -0.2) is 5.43 Å². The van der Waals surface area contributed by atoms with Gasteiger partial charge in [0.1, 0.15) is 5.76 Å². The highest BCUT2D eigenvalue weighted by molar-refractivity contribution is 5.11. The Morgan fingerprint density at radius 2 is 2.38 bits per heavy atom. The van der Waals surface area contributed by atoms with Crippen molar-refractivity contribution < 1.29 is 9.47 Å². The zero-order valence-electron chi connectivity index (χ0n) is 9.52. The van der Waals surface area contributed by atoms with Gasteiger partial charge in [0, 0.05) is 5.92 Å². The van der Waals surface area contributed by atoms with Gasteiger partial charge in [0.05, 0.1) is 24.9 Å². The first-order chi connectivity index (χ1) is 7.88. The second kappa shape index (κ2) is 4.35. The average Bonchev–Trinajstić information content (AvgIpc) is 2.94. The highest BCUT2D eigenvalue weighted by Gasteiger charge is 2.45. The number of hydrazine groups is 1. The summed E-state index contributed by atoms with van der Waals surface area (Å²) in [5, 5.41) is 0. The third-order valence-electron chi connectivity index (χ3n) is 4.03. The molecule has 4 unspecified atom stereocenters. The topological polar surface area (TPSA) is 56.5 Å². The van der Waals surface area contributed by atoms with Crippen LogP contribution < -0.4 is 11.3 Å². The molecule has 4 heteroatoms. The Balaban J connectivity index is 1.73. The standard InChI is InChI=1S/C12H20N2O2/c13-14-12(11-3-1-2-6-15-11)9-7-8-4-5-10(9)16-8/h3,8-10,12,14H,1-2,4-7,13H2. The lowest BCUT2D eigenvalue weighted by Crippen LogP contribution is -2.46. The van der Waals surface area contributed by atoms with E-state index in [-0.39, 0.29) is 6.04 Å². The minimum absolute atomic E-state index is 0.149. The molecular formula is C12H20N2O2. The summed E-state index contributed by atoms with van der Waals surface area (Å²) >= 11 is 0. The van der Waals surface area contributed by atoms with Crippen molar-refractivity contribution >= 4 is 0 Å². The molecule has 2 fully saturated rings. The Morgan fingerprint density at radius 1 is 1.44 bits per heavy atom. The van der Waals surface area contributed by atoms with E-state index < -0.39 is 0 Å². The molecule has 3 N–H and O–H groups in total. The molecule has 0 aromatic carbocycles. The minimum atomic E-state index is 0.149. The van der Waals surface area contributed by atoms with Crippen LogP contribution in [0, 0.1) is 5.92 Å². The zero-order chi connectivity index (χ0) is 11.0. The molecule has 90 valence electrons. The summed E-state index contributed by atoms with van der Waals surface area (Å²) in [4.78, 5) is 0. The second-order valence-electron chi connectivity index (χ2n) is 5.01. The maximum absolute atomic E-state index is 5.88. The summed E-state index contributed by atoms with van der Waals surface area (Å²) < 4.78 is 11.6. The van der Waals surface area contributed by atoms with Gasteiger partial charge in [0.2, 0.25) is 0 Å². The largest absolute Gasteiger partial charge is 0.497 e. The maximum atomic E-state index is 5.88. The van der Waals surface area contributed by atoms with Crippen molar-refractivity contribution in [3.63, 3.8) is 0 Å². The van der Waals surface area contributed by atoms with Crippen LogP contribution in [-0.4, -0.2) is 24.9 Å². The average molecular weight is 224 g/mol. The van der Waals surface area contributed by atoms with Crippen LogP contribution in [-0.2, 0) is 9.47 Å². The van der Waals surface area contributed by atoms with Crippen LogP contribution >= 0.6 is 0 Å². The molecule has 0 amide bonds. The third-order valence-corrected chi connectivity index (χ3v) is 4.03. The van der Waals surface area contributed by atoms with Crippen molar-refractivity contribution in [1.82, 2.24) is 5.43 Å². The summed E-state index contributed by atoms with van der Waals surface area (Å²) in [6.45, 7) is 0.825. The lowest BCUT2D eigenvalue weighted by molar-refractivity contribution is 0.0780. The normalized spacial score (nSPS) is 39.3. The molecule has 0 spiro atoms. The molecule has 4 atom stereocenters. The number of hydrogen-bond acceptors (Lipinski definition) is 4. The van der Waals surface area contributed by atoms with E-state index in [4.69, 9.17) is 15.3 Å². The van der Waals surface area contributed by atoms with Crippen molar-refractivity contribution in [3.05, 3.63) is 11.8 Å². The van der Waals surface area contributed by atoms with Crippen molar-refractivity contribution in [2.75, 3.05) is 6.61 Å². The highest BCUT2D eigenvalue weighted by Crippen LogP contribution is 2.42. The molecule has 3 aliphatic heterocycles. The smallest absolute Gasteiger partial charge is 0.111 e. The molecular weight excluding hydrogens is 204 g/mol. The van der Waals surface area contributed by atoms with E-state index >= 15 is 0 Å². The maximum Gasteiger partial charge on any atom is 0.111 e. The summed E-state index contributed by atoms with van der Waals surface area (Å²) in [6, 6.07) is 0.149. The first-order valence-electron chi connectivity index (χ1n) is 6.33. The number of nitrogens with two attached hydrogens (primary N) is 1. The van der Waals surface area contributed by atoms with Gasteiger partial charge in [-0.1, -0.05) is 0 Å². The first-order valence-corrected chi connectivity index (χ1v) is 6.33. The van der Waals surface area contributed by atoms with Crippen molar-refractivity contribution in [2.24, 2.45) is 11.8 Å². The highest BCUT2D eigenvalue weighted by atomic mass is 16.5. The molecule has 4 nitrogen and oxygen atoms in total. The molecule has 3 rings (SSSR count). The summed E-state index contributed by atoms with van der Waals surface area (Å²) in [6.07, 6.45) is 8.79. The Labute approximate surface area is 96.1 Å². The van der Waals surface area contributed by atoms with E-state index in [0.29, 0.717) is 18.1 Å². The van der Waals surface area contributed by atoms with Gasteiger partial charge >= 0.3 is 0 Å². The summed E-state index contributed by atoms with van der Waals surface area (Å²) in [5.41, 5.74) is 2.93. The minimum Gasteiger partial charge on any atom is -0.497 e. The number of hydrogen-bond donors (Lipinski definition) is 2. The van der Waals surface area contributed by atoms with Crippen LogP contribution in [0.5, 0.6) is 0 Å². The third kappa shape index (κ3) is 1.75. The van der Waals surface area contributed by atoms with Gasteiger partial charge in [-0.15, -0.1) is 0 Å². The Hall–Kier alpha value is -0.580. The summed E-state index contributed by atoms with van der Waals surface area (Å²) in [7, 11) is 0. The number of rotatable bonds is 3. The molecule has 0 aliphatic carbocycles. The fraction of sp³-hybridized carbons (Fsp3) is 0.833. The molecule has 3 aliphatic rings. The predicted octanol–water partition coefficient (Wildman–Crippen LogP) is 1.08. The van der Waals surface area contributed by atoms with Crippen molar-refractivity contribution in [2.45, 2.75) is 50.4 Å². The van der Waals surface area contributed by atoms with Crippen LogP contribution in [0.25, 0.3) is 0 Å². The van der Waals surface area contributed by atoms with E-state index in [2.05, 4.69) is 11.5 Å². The van der Waals surface area contributed by atoms with Crippen LogP contribution in [0.3, 0.4) is 0 Å². The van der Waals surface area contributed by atoms with Crippen LogP contribution in [0.2, 0.25) is 0 Å². The van der Waals surface area contributed by atoms with Gasteiger partial charge < -0.3 is 9.47 Å². The van der Waals surface area contributed by atoms with E-state index in [0.717, 1.165) is 31.6 Å². The van der Waals surface area contributed by atoms with E-state index in [1.807, 2.05) is 0 Å². The molecule has 0 aromatic rings. The van der Waals surface area contributed by atoms with Crippen LogP contribution in [0.15, 0.2) is 11.8 Å². The monoisotopic (exact) mass is 224 g/mol. The molecule has 0 aromatic heterocycles. The summed E-state index contributed by atoms with van der Waals surface area (Å²) in [5.74, 6) is 7.22. The van der Waals surface area contributed by atoms with Gasteiger partial charge in [-0.2, -0.15) is 0 Å². The molecule has 0 radical (unpaired) electrons. The van der Waals surface area contributed by atoms with E-state index in [1.54, 1.807) is 0 Å². The fourth-order valence-corrected chi connectivity index (χ4v) is 3.24. The second-order valence-corrected chi connectivity index (χ2v) is 5.01. The quantitative estimate of drug-likeness (QED) is 0.556. The number of ether oxygens (including phenoxy) is 2. The van der Waals surface area contributed by atoms with Gasteiger partial charge in [-0.05, 0) is 38.2 Å². The van der Waals surface area contributed by atoms with Crippen molar-refractivity contribution in [1.29, 1.82) is 0 Å². The van der Waals surface area contributed by atoms with Crippen LogP contribution in [0.1, 0.15) is 32.1 Å². The number of allylic oxidation sites excluding steroid dienone is 1. The van der Waals surface area contributed by atoms with Gasteiger partial charge in [0.25, 0.3) is 0 Å². The lowest BCUT2D eigenvalue weighted by Gasteiger charge is -2.31. The van der Waals surface area contributed by atoms with Crippen molar-refractivity contribution in [3.8, 4) is 0 Å².